The van der Waals surface area contributed by atoms with Crippen LogP contribution in [0.25, 0.3) is 0 Å². The molecule has 1 aromatic rings. The molecule has 2 atom stereocenters. The summed E-state index contributed by atoms with van der Waals surface area (Å²) in [5.41, 5.74) is 9.50. The molecule has 0 bridgehead atoms. The van der Waals surface area contributed by atoms with E-state index >= 15 is 0 Å². The van der Waals surface area contributed by atoms with Crippen LogP contribution in [0.4, 0.5) is 5.69 Å². The van der Waals surface area contributed by atoms with Crippen molar-refractivity contribution >= 4 is 5.69 Å². The van der Waals surface area contributed by atoms with Gasteiger partial charge in [0.1, 0.15) is 0 Å². The Morgan fingerprint density at radius 1 is 1.53 bits per heavy atom. The highest BCUT2D eigenvalue weighted by Crippen LogP contribution is 2.32. The lowest BCUT2D eigenvalue weighted by Gasteiger charge is -2.17. The summed E-state index contributed by atoms with van der Waals surface area (Å²) < 4.78 is 5.15. The van der Waals surface area contributed by atoms with Crippen molar-refractivity contribution < 1.29 is 4.74 Å². The van der Waals surface area contributed by atoms with Gasteiger partial charge >= 0.3 is 0 Å². The molecule has 94 valence electrons. The normalized spacial score (nSPS) is 20.2. The lowest BCUT2D eigenvalue weighted by atomic mass is 10.1. The van der Waals surface area contributed by atoms with Crippen molar-refractivity contribution in [2.75, 3.05) is 26.0 Å². The first-order valence-electron chi connectivity index (χ1n) is 6.31. The topological polar surface area (TPSA) is 47.3 Å². The van der Waals surface area contributed by atoms with Crippen LogP contribution in [0.2, 0.25) is 0 Å². The van der Waals surface area contributed by atoms with Crippen molar-refractivity contribution in [1.82, 2.24) is 5.32 Å². The second-order valence-corrected chi connectivity index (χ2v) is 5.02. The fourth-order valence-electron chi connectivity index (χ4n) is 2.54. The zero-order valence-electron chi connectivity index (χ0n) is 10.7. The molecule has 1 aliphatic carbocycles. The SMILES string of the molecule is COCC(C)CNC1CCc2cc(N)ccc21. The van der Waals surface area contributed by atoms with Gasteiger partial charge < -0.3 is 15.8 Å². The molecule has 0 aliphatic heterocycles. The van der Waals surface area contributed by atoms with Crippen molar-refractivity contribution in [3.63, 3.8) is 0 Å². The van der Waals surface area contributed by atoms with Gasteiger partial charge in [-0.05, 0) is 42.0 Å². The van der Waals surface area contributed by atoms with Crippen LogP contribution in [0.15, 0.2) is 18.2 Å². The number of anilines is 1. The number of hydrogen-bond donors (Lipinski definition) is 2. The Kier molecular flexibility index (Phi) is 4.02. The molecule has 0 saturated carbocycles. The van der Waals surface area contributed by atoms with Crippen LogP contribution in [0, 0.1) is 5.92 Å². The molecular formula is C14H22N2O. The maximum Gasteiger partial charge on any atom is 0.0499 e. The van der Waals surface area contributed by atoms with E-state index in [1.54, 1.807) is 7.11 Å². The number of ether oxygens (including phenoxy) is 1. The van der Waals surface area contributed by atoms with Crippen LogP contribution < -0.4 is 11.1 Å². The van der Waals surface area contributed by atoms with Crippen LogP contribution in [-0.2, 0) is 11.2 Å². The van der Waals surface area contributed by atoms with Crippen molar-refractivity contribution in [3.8, 4) is 0 Å². The van der Waals surface area contributed by atoms with Crippen molar-refractivity contribution in [2.24, 2.45) is 5.92 Å². The summed E-state index contributed by atoms with van der Waals surface area (Å²) in [4.78, 5) is 0. The summed E-state index contributed by atoms with van der Waals surface area (Å²) in [6, 6.07) is 6.76. The van der Waals surface area contributed by atoms with Gasteiger partial charge in [-0.15, -0.1) is 0 Å². The van der Waals surface area contributed by atoms with E-state index in [9.17, 15) is 0 Å². The van der Waals surface area contributed by atoms with Gasteiger partial charge in [0.05, 0.1) is 0 Å². The van der Waals surface area contributed by atoms with E-state index in [-0.39, 0.29) is 0 Å². The van der Waals surface area contributed by atoms with E-state index in [0.29, 0.717) is 12.0 Å². The quantitative estimate of drug-likeness (QED) is 0.767. The summed E-state index contributed by atoms with van der Waals surface area (Å²) in [5.74, 6) is 0.554. The smallest absolute Gasteiger partial charge is 0.0499 e. The second kappa shape index (κ2) is 5.52. The maximum atomic E-state index is 5.80. The van der Waals surface area contributed by atoms with E-state index in [0.717, 1.165) is 25.3 Å². The Bertz CT molecular complexity index is 378. The number of nitrogens with two attached hydrogens (primary N) is 1. The van der Waals surface area contributed by atoms with E-state index in [2.05, 4.69) is 24.4 Å². The largest absolute Gasteiger partial charge is 0.399 e. The molecule has 0 heterocycles. The molecule has 0 radical (unpaired) electrons. The standard InChI is InChI=1S/C14H22N2O/c1-10(9-17-2)8-16-14-6-3-11-7-12(15)4-5-13(11)14/h4-5,7,10,14,16H,3,6,8-9,15H2,1-2H3. The highest BCUT2D eigenvalue weighted by molar-refractivity contribution is 5.47. The second-order valence-electron chi connectivity index (χ2n) is 5.02. The average molecular weight is 234 g/mol. The Hall–Kier alpha value is -1.06. The zero-order chi connectivity index (χ0) is 12.3. The van der Waals surface area contributed by atoms with Crippen molar-refractivity contribution in [1.29, 1.82) is 0 Å². The third-order valence-electron chi connectivity index (χ3n) is 3.41. The molecular weight excluding hydrogens is 212 g/mol. The highest BCUT2D eigenvalue weighted by Gasteiger charge is 2.22. The summed E-state index contributed by atoms with van der Waals surface area (Å²) >= 11 is 0. The Morgan fingerprint density at radius 2 is 2.35 bits per heavy atom. The van der Waals surface area contributed by atoms with Gasteiger partial charge in [-0.25, -0.2) is 0 Å². The third kappa shape index (κ3) is 2.99. The van der Waals surface area contributed by atoms with Gasteiger partial charge in [-0.2, -0.15) is 0 Å². The van der Waals surface area contributed by atoms with E-state index in [1.165, 1.54) is 17.5 Å². The molecule has 17 heavy (non-hydrogen) atoms. The number of hydrogen-bond acceptors (Lipinski definition) is 3. The number of nitrogen functional groups attached to an aromatic ring is 1. The van der Waals surface area contributed by atoms with Crippen LogP contribution in [0.1, 0.15) is 30.5 Å². The zero-order valence-corrected chi connectivity index (χ0v) is 10.7. The predicted octanol–water partition coefficient (Wildman–Crippen LogP) is 2.13. The highest BCUT2D eigenvalue weighted by atomic mass is 16.5. The van der Waals surface area contributed by atoms with Gasteiger partial charge in [0.15, 0.2) is 0 Å². The average Bonchev–Trinajstić information content (AvgIpc) is 2.69. The fraction of sp³-hybridized carbons (Fsp3) is 0.571. The minimum absolute atomic E-state index is 0.491. The molecule has 3 N–H and O–H groups in total. The Balaban J connectivity index is 1.93. The maximum absolute atomic E-state index is 5.80. The number of nitrogens with one attached hydrogen (secondary N) is 1. The molecule has 1 aliphatic rings. The van der Waals surface area contributed by atoms with E-state index < -0.39 is 0 Å². The number of methoxy groups -OCH3 is 1. The van der Waals surface area contributed by atoms with Crippen LogP contribution in [0.3, 0.4) is 0 Å². The van der Waals surface area contributed by atoms with Crippen LogP contribution in [0.5, 0.6) is 0 Å². The first kappa shape index (κ1) is 12.4. The number of benzene rings is 1. The summed E-state index contributed by atoms with van der Waals surface area (Å²) in [6.45, 7) is 4.02. The molecule has 0 saturated heterocycles. The Labute approximate surface area is 103 Å². The van der Waals surface area contributed by atoms with Gasteiger partial charge in [0.2, 0.25) is 0 Å². The first-order valence-corrected chi connectivity index (χ1v) is 6.31. The van der Waals surface area contributed by atoms with Gasteiger partial charge in [0.25, 0.3) is 0 Å². The number of fused-ring (bicyclic) bond motifs is 1. The molecule has 0 fully saturated rings. The first-order chi connectivity index (χ1) is 8.20. The number of rotatable bonds is 5. The molecule has 1 aromatic carbocycles. The minimum Gasteiger partial charge on any atom is -0.399 e. The van der Waals surface area contributed by atoms with Gasteiger partial charge in [-0.1, -0.05) is 13.0 Å². The summed E-state index contributed by atoms with van der Waals surface area (Å²) in [6.07, 6.45) is 2.31. The van der Waals surface area contributed by atoms with E-state index in [1.807, 2.05) is 6.07 Å². The molecule has 0 amide bonds. The molecule has 2 rings (SSSR count). The molecule has 3 nitrogen and oxygen atoms in total. The fourth-order valence-corrected chi connectivity index (χ4v) is 2.54. The van der Waals surface area contributed by atoms with Crippen molar-refractivity contribution in [3.05, 3.63) is 29.3 Å². The van der Waals surface area contributed by atoms with Crippen LogP contribution >= 0.6 is 0 Å². The van der Waals surface area contributed by atoms with Gasteiger partial charge in [-0.3, -0.25) is 0 Å². The monoisotopic (exact) mass is 234 g/mol. The minimum atomic E-state index is 0.491. The Morgan fingerprint density at radius 3 is 3.12 bits per heavy atom. The molecule has 0 spiro atoms. The molecule has 2 unspecified atom stereocenters. The van der Waals surface area contributed by atoms with Crippen LogP contribution in [-0.4, -0.2) is 20.3 Å². The lowest BCUT2D eigenvalue weighted by molar-refractivity contribution is 0.157. The summed E-state index contributed by atoms with van der Waals surface area (Å²) in [7, 11) is 1.75. The lowest BCUT2D eigenvalue weighted by Crippen LogP contribution is -2.26. The summed E-state index contributed by atoms with van der Waals surface area (Å²) in [5, 5.41) is 3.62. The molecule has 0 aromatic heterocycles. The van der Waals surface area contributed by atoms with E-state index in [4.69, 9.17) is 10.5 Å². The molecule has 3 heteroatoms. The predicted molar refractivity (Wildman–Crippen MR) is 71.0 cm³/mol. The van der Waals surface area contributed by atoms with Gasteiger partial charge in [0, 0.05) is 32.0 Å². The van der Waals surface area contributed by atoms with Crippen molar-refractivity contribution in [2.45, 2.75) is 25.8 Å². The third-order valence-corrected chi connectivity index (χ3v) is 3.41. The number of aryl methyl sites for hydroxylation is 1.